The molecule has 0 spiro atoms. The molecule has 0 atom stereocenters. The van der Waals surface area contributed by atoms with Gasteiger partial charge in [-0.2, -0.15) is 0 Å². The largest absolute Gasteiger partial charge is 2.00 e. The minimum atomic E-state index is -2.44. The third-order valence-electron chi connectivity index (χ3n) is 12.3. The van der Waals surface area contributed by atoms with Crippen LogP contribution in [-0.4, -0.2) is 76.3 Å². The van der Waals surface area contributed by atoms with Gasteiger partial charge in [-0.1, -0.05) is 24.3 Å². The molecule has 0 aliphatic rings. The van der Waals surface area contributed by atoms with Gasteiger partial charge in [0.05, 0.1) is 49.1 Å². The van der Waals surface area contributed by atoms with Gasteiger partial charge in [0.25, 0.3) is 0 Å². The van der Waals surface area contributed by atoms with Crippen LogP contribution in [-0.2, 0) is 47.5 Å². The van der Waals surface area contributed by atoms with Gasteiger partial charge >= 0.3 is 42.1 Å². The summed E-state index contributed by atoms with van der Waals surface area (Å²) >= 11 is 0. The fraction of sp³-hybridized carbons (Fsp3) is 0.158. The van der Waals surface area contributed by atoms with E-state index in [9.17, 15) is 0 Å². The number of benzene rings is 4. The zero-order chi connectivity index (χ0) is 55.9. The summed E-state index contributed by atoms with van der Waals surface area (Å²) in [6.45, 7) is 30.5. The van der Waals surface area contributed by atoms with E-state index >= 15 is 35.1 Å². The second-order valence-electron chi connectivity index (χ2n) is 17.9. The van der Waals surface area contributed by atoms with Gasteiger partial charge < -0.3 is 19.6 Å². The molecule has 8 rings (SSSR count). The van der Waals surface area contributed by atoms with E-state index in [-0.39, 0.29) is 110 Å². The van der Waals surface area contributed by atoms with Gasteiger partial charge in [-0.05, 0) is 47.0 Å². The zero-order valence-electron chi connectivity index (χ0n) is 42.5. The van der Waals surface area contributed by atoms with Crippen molar-refractivity contribution in [3.8, 4) is 45.0 Å². The number of rotatable bonds is 12. The molecule has 22 heteroatoms. The number of halogens is 8. The fourth-order valence-electron chi connectivity index (χ4n) is 8.28. The molecule has 0 saturated carbocycles. The Kier molecular flexibility index (Phi) is 17.8. The first kappa shape index (κ1) is 59.7. The fourth-order valence-corrected chi connectivity index (χ4v) is 8.28. The van der Waals surface area contributed by atoms with Crippen LogP contribution in [0.3, 0.4) is 0 Å². The summed E-state index contributed by atoms with van der Waals surface area (Å²) in [5.41, 5.74) is -9.54. The molecule has 4 aromatic carbocycles. The van der Waals surface area contributed by atoms with Gasteiger partial charge in [0.15, 0.2) is 22.7 Å². The third-order valence-corrected chi connectivity index (χ3v) is 12.3. The Morgan fingerprint density at radius 2 is 0.544 bits per heavy atom. The van der Waals surface area contributed by atoms with Crippen LogP contribution >= 0.6 is 0 Å². The summed E-state index contributed by atoms with van der Waals surface area (Å²) < 4.78 is 127. The number of aromatic nitrogens is 4. The number of nitrogens with zero attached hydrogens (tertiary/aromatic N) is 12. The van der Waals surface area contributed by atoms with Crippen molar-refractivity contribution in [3.63, 3.8) is 0 Å². The molecule has 0 bridgehead atoms. The Morgan fingerprint density at radius 3 is 0.709 bits per heavy atom. The second-order valence-corrected chi connectivity index (χ2v) is 17.9. The minimum absolute atomic E-state index is 0. The van der Waals surface area contributed by atoms with Gasteiger partial charge in [0.2, 0.25) is 0 Å². The van der Waals surface area contributed by atoms with Crippen molar-refractivity contribution in [3.05, 3.63) is 212 Å². The molecule has 0 fully saturated rings. The first-order valence-corrected chi connectivity index (χ1v) is 22.5. The van der Waals surface area contributed by atoms with Crippen molar-refractivity contribution < 1.29 is 77.3 Å². The molecule has 0 aliphatic carbocycles. The Bertz CT molecular complexity index is 3410. The van der Waals surface area contributed by atoms with E-state index in [0.717, 1.165) is 24.3 Å². The first-order valence-electron chi connectivity index (χ1n) is 22.5. The Hall–Kier alpha value is -8.54. The topological polar surface area (TPSA) is 82.0 Å². The Balaban J connectivity index is 0.00000504. The van der Waals surface area contributed by atoms with E-state index in [2.05, 4.69) is 43.6 Å². The summed E-state index contributed by atoms with van der Waals surface area (Å²) in [4.78, 5) is 38.8. The molecule has 0 radical (unpaired) electrons. The molecule has 4 aromatic heterocycles. The average Bonchev–Trinajstić information content (AvgIpc) is 3.59. The molecule has 8 aromatic rings. The molecule has 400 valence electrons. The minimum Gasteiger partial charge on any atom is -0.378 e. The van der Waals surface area contributed by atoms with Crippen molar-refractivity contribution in [1.29, 1.82) is 0 Å². The summed E-state index contributed by atoms with van der Waals surface area (Å²) in [6.07, 6.45) is 0. The summed E-state index contributed by atoms with van der Waals surface area (Å²) in [6, 6.07) is 24.7. The smallest absolute Gasteiger partial charge is 0.378 e. The average molecular weight is 1430 g/mol. The van der Waals surface area contributed by atoms with Crippen LogP contribution in [0.2, 0.25) is 0 Å². The molecule has 0 unspecified atom stereocenters. The van der Waals surface area contributed by atoms with Crippen LogP contribution in [0.15, 0.2) is 72.8 Å². The van der Waals surface area contributed by atoms with Crippen LogP contribution < -0.4 is 19.6 Å². The van der Waals surface area contributed by atoms with Crippen LogP contribution in [0.4, 0.5) is 80.6 Å². The van der Waals surface area contributed by atoms with Gasteiger partial charge in [-0.15, -0.1) is 70.8 Å². The van der Waals surface area contributed by atoms with Gasteiger partial charge in [-0.3, -0.25) is 74.4 Å². The Labute approximate surface area is 478 Å². The zero-order valence-corrected chi connectivity index (χ0v) is 47.0. The van der Waals surface area contributed by atoms with Gasteiger partial charge in [0, 0.05) is 126 Å². The van der Waals surface area contributed by atoms with Crippen molar-refractivity contribution >= 4 is 45.5 Å². The van der Waals surface area contributed by atoms with E-state index < -0.39 is 97.0 Å². The van der Waals surface area contributed by atoms with E-state index in [1.165, 1.54) is 48.5 Å². The van der Waals surface area contributed by atoms with Crippen molar-refractivity contribution in [1.82, 2.24) is 19.9 Å². The predicted molar refractivity (Wildman–Crippen MR) is 275 cm³/mol. The monoisotopic (exact) mass is 1430 g/mol. The van der Waals surface area contributed by atoms with Gasteiger partial charge in [0.1, 0.15) is 5.41 Å². The number of anilines is 4. The molecule has 79 heavy (non-hydrogen) atoms. The Morgan fingerprint density at radius 1 is 0.354 bits per heavy atom. The molecule has 12 nitrogen and oxygen atoms in total. The van der Waals surface area contributed by atoms with Crippen LogP contribution in [0.25, 0.3) is 64.4 Å². The van der Waals surface area contributed by atoms with E-state index in [1.807, 2.05) is 0 Å². The number of hydrogen-bond acceptors (Lipinski definition) is 8. The maximum atomic E-state index is 16.6. The van der Waals surface area contributed by atoms with E-state index in [0.29, 0.717) is 0 Å². The summed E-state index contributed by atoms with van der Waals surface area (Å²) in [5.74, 6) is -10.3. The van der Waals surface area contributed by atoms with Crippen molar-refractivity contribution in [2.75, 3.05) is 76.0 Å². The van der Waals surface area contributed by atoms with Gasteiger partial charge in [-0.25, -0.2) is 0 Å². The number of hydrogen-bond donors (Lipinski definition) is 0. The molecular formula is C57H36F8N12Pt2. The van der Waals surface area contributed by atoms with E-state index in [4.69, 9.17) is 46.2 Å². The SMILES string of the molecule is [C-]#[N+]c1c(F)c[c-]c(-c2cc(N(C)C)cc(C(c3cc(N(C)C)cc(-c4[c-]cc(F)c([N+]#[C-])c4F)n3)(c3cc(N(C)C)cc(-c4[c-]cc(F)c([N+]#[C-])c4F)n3)c3cc(N(C)C)cc(-c4[c-]cc(F)c([N+]#[C-])c4F)n3)n2)c1F.[Pt+2].[Pt+2]. The molecule has 0 aliphatic heterocycles. The molecule has 0 amide bonds. The quantitative estimate of drug-likeness (QED) is 0.0884. The summed E-state index contributed by atoms with van der Waals surface area (Å²) in [7, 11) is 12.9. The molecule has 4 heterocycles. The first-order chi connectivity index (χ1) is 36.6. The third kappa shape index (κ3) is 10.8. The van der Waals surface area contributed by atoms with Crippen molar-refractivity contribution in [2.24, 2.45) is 0 Å². The normalized spacial score (nSPS) is 10.8. The molecular weight excluding hydrogens is 1390 g/mol. The van der Waals surface area contributed by atoms with Crippen LogP contribution in [0, 0.1) is 97.1 Å². The maximum Gasteiger partial charge on any atom is 2.00 e. The maximum absolute atomic E-state index is 16.6. The molecule has 0 saturated heterocycles. The van der Waals surface area contributed by atoms with Crippen LogP contribution in [0.1, 0.15) is 22.8 Å². The predicted octanol–water partition coefficient (Wildman–Crippen LogP) is 13.1. The summed E-state index contributed by atoms with van der Waals surface area (Å²) in [5, 5.41) is 0. The van der Waals surface area contributed by atoms with Crippen molar-refractivity contribution in [2.45, 2.75) is 5.41 Å². The standard InChI is InChI=1S/C57H36F8N12.2Pt/c1-66-53-37(58)17-13-33(49(53)62)41-21-29(74(5)6)25-45(70-41)57(46-26-30(75(7)8)22-42(71-46)34-14-18-38(59)54(67-2)50(34)63,47-27-31(76(9)10)23-43(72-47)35-15-19-39(60)55(68-3)51(35)64)48-28-32(77(11)12)24-44(73-48)36-16-20-40(61)56(69-4)52(36)65;;/h17-28H,5-12H3;;/q-4;2*+2. The number of pyridine rings is 4. The van der Waals surface area contributed by atoms with Crippen LogP contribution in [0.5, 0.6) is 0 Å². The second kappa shape index (κ2) is 23.6. The van der Waals surface area contributed by atoms with E-state index in [1.54, 1.807) is 76.0 Å². The molecule has 0 N–H and O–H groups in total.